The molecule has 16 heteroatoms. The number of hydrogen-bond donors (Lipinski definition) is 0. The molecule has 0 saturated carbocycles. The van der Waals surface area contributed by atoms with Gasteiger partial charge < -0.3 is 0 Å². The molecule has 2 aromatic carbocycles. The van der Waals surface area contributed by atoms with Crippen LogP contribution in [-0.2, 0) is 0 Å². The first kappa shape index (κ1) is 66.6. The third kappa shape index (κ3) is 15.8. The molecule has 1 aliphatic rings. The van der Waals surface area contributed by atoms with Crippen LogP contribution in [0.25, 0.3) is 0 Å². The van der Waals surface area contributed by atoms with Gasteiger partial charge in [-0.3, -0.25) is 0 Å². The Morgan fingerprint density at radius 1 is 0.271 bits per heavy atom. The summed E-state index contributed by atoms with van der Waals surface area (Å²) in [5.41, 5.74) is 13.2. The Bertz CT molecular complexity index is 1800. The van der Waals surface area contributed by atoms with E-state index in [1.807, 2.05) is 32.1 Å². The molecule has 0 aliphatic carbocycles. The Kier molecular flexibility index (Phi) is 20.4. The fourth-order valence-corrected chi connectivity index (χ4v) is 111. The third-order valence-electron chi connectivity index (χ3n) is 15.7. The summed E-state index contributed by atoms with van der Waals surface area (Å²) in [5.74, 6) is 0. The molecule has 70 heavy (non-hydrogen) atoms. The summed E-state index contributed by atoms with van der Waals surface area (Å²) in [4.78, 5) is 0. The Morgan fingerprint density at radius 2 is 0.443 bits per heavy atom. The van der Waals surface area contributed by atoms with Crippen LogP contribution in [0.5, 0.6) is 0 Å². The normalized spacial score (nSPS) is 16.6. The van der Waals surface area contributed by atoms with Gasteiger partial charge in [-0.05, 0) is 0 Å². The maximum absolute atomic E-state index is 3.03. The average Bonchev–Trinajstić information content (AvgIpc) is 2.93. The molecule has 0 atom stereocenters. The summed E-state index contributed by atoms with van der Waals surface area (Å²) in [7, 11) is -14.2. The molecule has 0 nitrogen and oxygen atoms in total. The van der Waals surface area contributed by atoms with Crippen LogP contribution in [0, 0.1) is 0 Å². The van der Waals surface area contributed by atoms with Gasteiger partial charge in [0, 0.05) is 0 Å². The molecule has 1 aliphatic heterocycles. The van der Waals surface area contributed by atoms with Gasteiger partial charge in [-0.1, -0.05) is 0 Å². The molecule has 2 aromatic rings. The summed E-state index contributed by atoms with van der Waals surface area (Å²) >= 11 is -1.96. The van der Waals surface area contributed by atoms with E-state index < -0.39 is 109 Å². The Hall–Kier alpha value is 2.35. The number of rotatable bonds is 20. The van der Waals surface area contributed by atoms with Gasteiger partial charge in [-0.25, -0.2) is 0 Å². The summed E-state index contributed by atoms with van der Waals surface area (Å²) in [5, 5.41) is 5.08. The summed E-state index contributed by atoms with van der Waals surface area (Å²) in [6.45, 7) is 99.2. The topological polar surface area (TPSA) is 0 Å². The molecular formula is C54H118BGeS2Si12. The molecule has 1 fully saturated rings. The third-order valence-corrected chi connectivity index (χ3v) is 88.3. The minimum absolute atomic E-state index is 0.558. The van der Waals surface area contributed by atoms with Crippen molar-refractivity contribution in [3.8, 4) is 0 Å². The van der Waals surface area contributed by atoms with E-state index in [9.17, 15) is 0 Å². The van der Waals surface area contributed by atoms with Gasteiger partial charge in [0.05, 0.1) is 0 Å². The summed E-state index contributed by atoms with van der Waals surface area (Å²) < 4.78 is 2.03. The van der Waals surface area contributed by atoms with Gasteiger partial charge in [0.15, 0.2) is 0 Å². The van der Waals surface area contributed by atoms with Crippen molar-refractivity contribution in [2.24, 2.45) is 0 Å². The predicted molar refractivity (Wildman–Crippen MR) is 375 cm³/mol. The minimum atomic E-state index is -1.96. The van der Waals surface area contributed by atoms with Crippen molar-refractivity contribution < 1.29 is 0 Å². The van der Waals surface area contributed by atoms with Crippen LogP contribution < -0.4 is 9.86 Å². The number of benzene rings is 2. The molecule has 0 bridgehead atoms. The molecule has 0 aromatic heterocycles. The first-order valence-corrected chi connectivity index (χ1v) is 78.8. The van der Waals surface area contributed by atoms with Crippen LogP contribution >= 0.6 is 19.9 Å². The van der Waals surface area contributed by atoms with Crippen molar-refractivity contribution in [2.75, 3.05) is 0 Å². The second-order valence-corrected chi connectivity index (χ2v) is 116. The van der Waals surface area contributed by atoms with E-state index in [0.29, 0.717) is 5.27 Å². The van der Waals surface area contributed by atoms with Gasteiger partial charge in [-0.15, -0.1) is 0 Å². The zero-order valence-electron chi connectivity index (χ0n) is 53.7. The van der Waals surface area contributed by atoms with Gasteiger partial charge in [0.2, 0.25) is 0 Å². The second-order valence-electron chi connectivity index (χ2n) is 36.0. The van der Waals surface area contributed by atoms with Crippen molar-refractivity contribution in [3.63, 3.8) is 0 Å². The zero-order valence-corrected chi connectivity index (χ0v) is 69.4. The molecule has 1 radical (unpaired) electrons. The summed E-state index contributed by atoms with van der Waals surface area (Å²) in [6.07, 6.45) is 0. The standard InChI is InChI=1S/C54H118BGeS2Si12/c1-59(2,3)49(60(4,5)6)41-37-43(51(63(13,14)15)64(16,17)18)47(44(38-41)52(65(19,20)21)66(22,23)24)55-57-56(58-55)48-45(53(67(25,26)27)68(28,29)30)39-42(50(61(7,8)9)62(10,11)12)40-46(48)54(69(31,32)33)70(34,35)36/h37-40,49-54H,1-36H3. The first-order chi connectivity index (χ1) is 30.4. The quantitative estimate of drug-likeness (QED) is 0.121. The molecule has 0 amide bonds. The fourth-order valence-electron chi connectivity index (χ4n) is 17.2. The molecule has 0 unspecified atom stereocenters. The summed E-state index contributed by atoms with van der Waals surface area (Å²) in [6, 6.07) is 12.1. The fraction of sp³-hybridized carbons (Fsp3) is 0.778. The van der Waals surface area contributed by atoms with Crippen molar-refractivity contribution in [3.05, 3.63) is 57.6 Å². The van der Waals surface area contributed by atoms with Crippen molar-refractivity contribution in [1.82, 2.24) is 0 Å². The van der Waals surface area contributed by atoms with Gasteiger partial charge in [0.25, 0.3) is 0 Å². The Balaban J connectivity index is 2.82. The molecule has 0 N–H and O–H groups in total. The van der Waals surface area contributed by atoms with Crippen LogP contribution in [0.4, 0.5) is 0 Å². The van der Waals surface area contributed by atoms with Crippen LogP contribution in [0.1, 0.15) is 64.4 Å². The van der Waals surface area contributed by atoms with Crippen molar-refractivity contribution in [2.45, 2.75) is 267 Å². The van der Waals surface area contributed by atoms with E-state index in [1.165, 1.54) is 0 Å². The molecule has 3 rings (SSSR count). The van der Waals surface area contributed by atoms with Crippen molar-refractivity contribution >= 4 is 144 Å². The van der Waals surface area contributed by atoms with E-state index >= 15 is 0 Å². The molecule has 1 heterocycles. The second kappa shape index (κ2) is 21.4. The van der Waals surface area contributed by atoms with E-state index in [0.717, 1.165) is 31.0 Å². The molecule has 0 spiro atoms. The molecule has 401 valence electrons. The van der Waals surface area contributed by atoms with E-state index in [4.69, 9.17) is 0 Å². The number of hydrogen-bond acceptors (Lipinski definition) is 2. The maximum atomic E-state index is 3.03. The van der Waals surface area contributed by atoms with Gasteiger partial charge in [-0.2, -0.15) is 0 Å². The van der Waals surface area contributed by atoms with E-state index in [-0.39, 0.29) is 0 Å². The molecular weight excluding hydrogens is 1130 g/mol. The van der Waals surface area contributed by atoms with Gasteiger partial charge in [0.1, 0.15) is 0 Å². The van der Waals surface area contributed by atoms with E-state index in [2.05, 4.69) is 280 Å². The van der Waals surface area contributed by atoms with E-state index in [1.54, 1.807) is 11.1 Å². The zero-order chi connectivity index (χ0) is 55.5. The van der Waals surface area contributed by atoms with Crippen molar-refractivity contribution in [1.29, 1.82) is 0 Å². The predicted octanol–water partition coefficient (Wildman–Crippen LogP) is 19.3. The Morgan fingerprint density at radius 3 is 0.629 bits per heavy atom. The molecule has 1 saturated heterocycles. The van der Waals surface area contributed by atoms with Crippen LogP contribution in [0.3, 0.4) is 0 Å². The van der Waals surface area contributed by atoms with Crippen LogP contribution in [0.15, 0.2) is 24.3 Å². The van der Waals surface area contributed by atoms with Crippen LogP contribution in [-0.4, -0.2) is 114 Å². The Labute approximate surface area is 463 Å². The SMILES string of the molecule is C[Si](C)(C)C(c1cc(C([Si](C)(C)C)[Si](C)(C)C)c(B2[S][Ge]([c]3c(C([Si](C)(C)C)[Si](C)(C)C)cc(C([Si](C)(C)C)[Si](C)(C)C)cc3C([Si](C)(C)C)[Si](C)(C)C)[S]2)c(C([Si](C)(C)C)[Si](C)(C)C)c1)[Si](C)(C)C. The van der Waals surface area contributed by atoms with Crippen LogP contribution in [0.2, 0.25) is 236 Å². The van der Waals surface area contributed by atoms with Gasteiger partial charge >= 0.3 is 468 Å². The first-order valence-electron chi connectivity index (χ1n) is 27.9. The average molecular weight is 1250 g/mol. The monoisotopic (exact) mass is 1250 g/mol.